The normalized spacial score (nSPS) is 10.4. The number of hydrogen-bond donors (Lipinski definition) is 1. The Morgan fingerprint density at radius 2 is 1.87 bits per heavy atom. The Hall–Kier alpha value is -1.52. The maximum absolute atomic E-state index is 11.8. The van der Waals surface area contributed by atoms with E-state index in [1.54, 1.807) is 0 Å². The van der Waals surface area contributed by atoms with Crippen molar-refractivity contribution in [3.63, 3.8) is 0 Å². The van der Waals surface area contributed by atoms with Gasteiger partial charge in [0.15, 0.2) is 6.61 Å². The van der Waals surface area contributed by atoms with Gasteiger partial charge in [0.25, 0.3) is 5.91 Å². The first kappa shape index (κ1) is 17.8. The second-order valence-corrected chi connectivity index (χ2v) is 6.42. The highest BCUT2D eigenvalue weighted by atomic mass is 79.9. The maximum atomic E-state index is 11.8. The molecule has 0 spiro atoms. The van der Waals surface area contributed by atoms with Crippen molar-refractivity contribution < 1.29 is 9.53 Å². The second-order valence-electron chi connectivity index (χ2n) is 5.13. The zero-order chi connectivity index (χ0) is 16.7. The van der Waals surface area contributed by atoms with E-state index in [2.05, 4.69) is 28.2 Å². The number of carbonyl (C=O) groups is 1. The number of ether oxygens (including phenoxy) is 1. The van der Waals surface area contributed by atoms with E-state index in [9.17, 15) is 4.79 Å². The molecule has 0 aromatic heterocycles. The zero-order valence-electron chi connectivity index (χ0n) is 12.9. The van der Waals surface area contributed by atoms with Crippen molar-refractivity contribution in [2.24, 2.45) is 0 Å². The minimum absolute atomic E-state index is 0.00465. The van der Waals surface area contributed by atoms with Crippen molar-refractivity contribution in [1.82, 2.24) is 5.32 Å². The molecule has 0 radical (unpaired) electrons. The van der Waals surface area contributed by atoms with Gasteiger partial charge in [-0.3, -0.25) is 4.79 Å². The van der Waals surface area contributed by atoms with Crippen LogP contribution in [0.2, 0.25) is 5.02 Å². The monoisotopic (exact) mass is 395 g/mol. The van der Waals surface area contributed by atoms with Crippen molar-refractivity contribution in [3.05, 3.63) is 63.1 Å². The summed E-state index contributed by atoms with van der Waals surface area (Å²) in [4.78, 5) is 11.8. The van der Waals surface area contributed by atoms with Gasteiger partial charge >= 0.3 is 0 Å². The highest BCUT2D eigenvalue weighted by Gasteiger charge is 2.06. The quantitative estimate of drug-likeness (QED) is 0.753. The third-order valence-corrected chi connectivity index (χ3v) is 4.28. The molecule has 0 saturated carbocycles. The number of aryl methyl sites for hydroxylation is 1. The van der Waals surface area contributed by atoms with E-state index in [0.717, 1.165) is 22.9 Å². The minimum atomic E-state index is -0.134. The molecule has 0 aliphatic carbocycles. The average molecular weight is 397 g/mol. The molecular weight excluding hydrogens is 378 g/mol. The van der Waals surface area contributed by atoms with Crippen LogP contribution in [0, 0.1) is 0 Å². The topological polar surface area (TPSA) is 38.3 Å². The third-order valence-electron chi connectivity index (χ3n) is 3.41. The fraction of sp³-hybridized carbons (Fsp3) is 0.278. The molecule has 2 aromatic rings. The molecule has 0 aliphatic heterocycles. The standard InChI is InChI=1S/C18H19BrClNO2/c1-2-13-5-8-17(16(19)11-13)23-12-18(22)21-10-9-14-3-6-15(20)7-4-14/h3-8,11H,2,9-10,12H2,1H3,(H,21,22). The van der Waals surface area contributed by atoms with E-state index >= 15 is 0 Å². The SMILES string of the molecule is CCc1ccc(OCC(=O)NCCc2ccc(Cl)cc2)c(Br)c1. The molecule has 0 heterocycles. The number of hydrogen-bond acceptors (Lipinski definition) is 2. The Morgan fingerprint density at radius 3 is 2.52 bits per heavy atom. The van der Waals surface area contributed by atoms with E-state index in [1.165, 1.54) is 5.56 Å². The Balaban J connectivity index is 1.73. The lowest BCUT2D eigenvalue weighted by Gasteiger charge is -2.10. The average Bonchev–Trinajstić information content (AvgIpc) is 2.55. The van der Waals surface area contributed by atoms with Crippen LogP contribution < -0.4 is 10.1 Å². The van der Waals surface area contributed by atoms with E-state index in [4.69, 9.17) is 16.3 Å². The maximum Gasteiger partial charge on any atom is 0.257 e. The van der Waals surface area contributed by atoms with Gasteiger partial charge in [-0.05, 0) is 64.2 Å². The highest BCUT2D eigenvalue weighted by molar-refractivity contribution is 9.10. The molecule has 0 atom stereocenters. The number of nitrogens with one attached hydrogen (secondary N) is 1. The van der Waals surface area contributed by atoms with Crippen LogP contribution in [0.1, 0.15) is 18.1 Å². The van der Waals surface area contributed by atoms with Crippen molar-refractivity contribution in [2.75, 3.05) is 13.2 Å². The first-order valence-electron chi connectivity index (χ1n) is 7.51. The lowest BCUT2D eigenvalue weighted by Crippen LogP contribution is -2.30. The van der Waals surface area contributed by atoms with E-state index in [1.807, 2.05) is 42.5 Å². The highest BCUT2D eigenvalue weighted by Crippen LogP contribution is 2.26. The first-order valence-corrected chi connectivity index (χ1v) is 8.68. The lowest BCUT2D eigenvalue weighted by atomic mass is 10.1. The zero-order valence-corrected chi connectivity index (χ0v) is 15.3. The van der Waals surface area contributed by atoms with Gasteiger partial charge in [0.1, 0.15) is 5.75 Å². The van der Waals surface area contributed by atoms with Gasteiger partial charge in [-0.2, -0.15) is 0 Å². The molecule has 2 rings (SSSR count). The summed E-state index contributed by atoms with van der Waals surface area (Å²) < 4.78 is 6.41. The van der Waals surface area contributed by atoms with Gasteiger partial charge < -0.3 is 10.1 Å². The van der Waals surface area contributed by atoms with Crippen LogP contribution in [0.3, 0.4) is 0 Å². The molecule has 2 aromatic carbocycles. The Labute approximate surface area is 150 Å². The lowest BCUT2D eigenvalue weighted by molar-refractivity contribution is -0.123. The predicted octanol–water partition coefficient (Wildman–Crippen LogP) is 4.40. The summed E-state index contributed by atoms with van der Waals surface area (Å²) in [7, 11) is 0. The smallest absolute Gasteiger partial charge is 0.257 e. The second kappa shape index (κ2) is 8.94. The molecule has 122 valence electrons. The van der Waals surface area contributed by atoms with Crippen molar-refractivity contribution in [2.45, 2.75) is 19.8 Å². The molecular formula is C18H19BrClNO2. The van der Waals surface area contributed by atoms with E-state index < -0.39 is 0 Å². The summed E-state index contributed by atoms with van der Waals surface area (Å²) >= 11 is 9.30. The number of amides is 1. The summed E-state index contributed by atoms with van der Waals surface area (Å²) in [6.07, 6.45) is 1.72. The van der Waals surface area contributed by atoms with Gasteiger partial charge in [0, 0.05) is 11.6 Å². The number of halogens is 2. The summed E-state index contributed by atoms with van der Waals surface area (Å²) in [5.41, 5.74) is 2.35. The number of rotatable bonds is 7. The van der Waals surface area contributed by atoms with Crippen molar-refractivity contribution >= 4 is 33.4 Å². The number of carbonyl (C=O) groups excluding carboxylic acids is 1. The molecule has 5 heteroatoms. The van der Waals surface area contributed by atoms with Gasteiger partial charge in [-0.25, -0.2) is 0 Å². The number of benzene rings is 2. The minimum Gasteiger partial charge on any atom is -0.483 e. The molecule has 0 bridgehead atoms. The molecule has 0 aliphatic rings. The van der Waals surface area contributed by atoms with Crippen LogP contribution in [0.25, 0.3) is 0 Å². The van der Waals surface area contributed by atoms with Crippen LogP contribution in [-0.2, 0) is 17.6 Å². The van der Waals surface area contributed by atoms with Crippen molar-refractivity contribution in [3.8, 4) is 5.75 Å². The van der Waals surface area contributed by atoms with Crippen molar-refractivity contribution in [1.29, 1.82) is 0 Å². The fourth-order valence-electron chi connectivity index (χ4n) is 2.07. The van der Waals surface area contributed by atoms with Gasteiger partial charge in [0.2, 0.25) is 0 Å². The summed E-state index contributed by atoms with van der Waals surface area (Å²) in [5, 5.41) is 3.56. The fourth-order valence-corrected chi connectivity index (χ4v) is 2.74. The summed E-state index contributed by atoms with van der Waals surface area (Å²) in [5.74, 6) is 0.542. The van der Waals surface area contributed by atoms with Crippen LogP contribution in [0.4, 0.5) is 0 Å². The van der Waals surface area contributed by atoms with Crippen LogP contribution in [0.5, 0.6) is 5.75 Å². The summed E-state index contributed by atoms with van der Waals surface area (Å²) in [6.45, 7) is 2.67. The first-order chi connectivity index (χ1) is 11.1. The van der Waals surface area contributed by atoms with Gasteiger partial charge in [-0.1, -0.05) is 36.7 Å². The van der Waals surface area contributed by atoms with E-state index in [0.29, 0.717) is 17.3 Å². The Morgan fingerprint density at radius 1 is 1.17 bits per heavy atom. The molecule has 23 heavy (non-hydrogen) atoms. The molecule has 3 nitrogen and oxygen atoms in total. The summed E-state index contributed by atoms with van der Waals surface area (Å²) in [6, 6.07) is 13.5. The van der Waals surface area contributed by atoms with E-state index in [-0.39, 0.29) is 12.5 Å². The Kier molecular flexibility index (Phi) is 6.93. The molecule has 1 N–H and O–H groups in total. The predicted molar refractivity (Wildman–Crippen MR) is 97.2 cm³/mol. The molecule has 0 fully saturated rings. The van der Waals surface area contributed by atoms with Crippen LogP contribution in [0.15, 0.2) is 46.9 Å². The third kappa shape index (κ3) is 5.88. The van der Waals surface area contributed by atoms with Crippen LogP contribution >= 0.6 is 27.5 Å². The van der Waals surface area contributed by atoms with Gasteiger partial charge in [0.05, 0.1) is 4.47 Å². The van der Waals surface area contributed by atoms with Gasteiger partial charge in [-0.15, -0.1) is 0 Å². The molecule has 0 saturated heterocycles. The largest absolute Gasteiger partial charge is 0.483 e. The van der Waals surface area contributed by atoms with Crippen LogP contribution in [-0.4, -0.2) is 19.1 Å². The molecule has 0 unspecified atom stereocenters. The molecule has 1 amide bonds. The Bertz CT molecular complexity index is 659.